The maximum Gasteiger partial charge on any atom is 0.269 e. The van der Waals surface area contributed by atoms with Crippen molar-refractivity contribution in [2.24, 2.45) is 4.99 Å². The van der Waals surface area contributed by atoms with E-state index in [2.05, 4.69) is 28.1 Å². The van der Waals surface area contributed by atoms with E-state index in [0.717, 1.165) is 23.3 Å². The lowest BCUT2D eigenvalue weighted by molar-refractivity contribution is -0.384. The number of nitro benzene ring substituents is 1. The van der Waals surface area contributed by atoms with E-state index in [9.17, 15) is 10.1 Å². The van der Waals surface area contributed by atoms with Gasteiger partial charge in [-0.15, -0.1) is 0 Å². The van der Waals surface area contributed by atoms with Crippen molar-refractivity contribution in [3.8, 4) is 0 Å². The van der Waals surface area contributed by atoms with Gasteiger partial charge in [0.25, 0.3) is 5.69 Å². The van der Waals surface area contributed by atoms with Crippen LogP contribution in [0.2, 0.25) is 0 Å². The predicted molar refractivity (Wildman–Crippen MR) is 111 cm³/mol. The minimum Gasteiger partial charge on any atom is -0.295 e. The first-order valence-corrected chi connectivity index (χ1v) is 11.2. The average molecular weight is 470 g/mol. The Morgan fingerprint density at radius 3 is 2.48 bits per heavy atom. The second-order valence-electron chi connectivity index (χ2n) is 5.42. The summed E-state index contributed by atoms with van der Waals surface area (Å²) in [6.45, 7) is 2.62. The Morgan fingerprint density at radius 1 is 1.24 bits per heavy atom. The molecule has 1 unspecified atom stereocenters. The zero-order chi connectivity index (χ0) is 18.1. The number of nitro groups is 1. The van der Waals surface area contributed by atoms with Crippen LogP contribution in [0.4, 0.5) is 5.69 Å². The topological polar surface area (TPSA) is 64.7 Å². The molecule has 2 rings (SSSR count). The fraction of sp³-hybridized carbons (Fsp3) is 0.278. The quantitative estimate of drug-likeness (QED) is 0.154. The Balaban J connectivity index is 2.06. The molecule has 7 heteroatoms. The molecule has 0 fully saturated rings. The summed E-state index contributed by atoms with van der Waals surface area (Å²) >= 11 is 2.11. The first-order valence-electron chi connectivity index (χ1n) is 7.88. The van der Waals surface area contributed by atoms with Gasteiger partial charge in [-0.05, 0) is 17.5 Å². The lowest BCUT2D eigenvalue weighted by Gasteiger charge is -2.14. The zero-order valence-electron chi connectivity index (χ0n) is 13.8. The second-order valence-corrected chi connectivity index (χ2v) is 6.82. The van der Waals surface area contributed by atoms with E-state index in [0.29, 0.717) is 13.0 Å². The number of halogens is 1. The fourth-order valence-corrected chi connectivity index (χ4v) is 3.39. The monoisotopic (exact) mass is 470 g/mol. The highest BCUT2D eigenvalue weighted by atomic mass is 127. The van der Waals surface area contributed by atoms with Gasteiger partial charge in [0.15, 0.2) is 0 Å². The second kappa shape index (κ2) is 10.5. The van der Waals surface area contributed by atoms with Crippen LogP contribution in [-0.2, 0) is 10.6 Å². The van der Waals surface area contributed by atoms with Crippen LogP contribution in [0.1, 0.15) is 30.6 Å². The molecule has 0 aromatic heterocycles. The summed E-state index contributed by atoms with van der Waals surface area (Å²) in [5.74, 6) is 0. The van der Waals surface area contributed by atoms with Crippen molar-refractivity contribution in [1.82, 2.24) is 0 Å². The van der Waals surface area contributed by atoms with Gasteiger partial charge in [-0.1, -0.05) is 49.4 Å². The van der Waals surface area contributed by atoms with Crippen molar-refractivity contribution in [2.45, 2.75) is 25.9 Å². The molecule has 5 nitrogen and oxygen atoms in total. The summed E-state index contributed by atoms with van der Waals surface area (Å²) in [4.78, 5) is 15.1. The Kier molecular flexibility index (Phi) is 8.36. The molecule has 2 aromatic rings. The van der Waals surface area contributed by atoms with Crippen molar-refractivity contribution >= 4 is 41.8 Å². The predicted octanol–water partition coefficient (Wildman–Crippen LogP) is 5.74. The number of rotatable bonds is 9. The normalized spacial score (nSPS) is 12.8. The fourth-order valence-electron chi connectivity index (χ4n) is 2.38. The van der Waals surface area contributed by atoms with Crippen LogP contribution in [0.5, 0.6) is 0 Å². The zero-order valence-corrected chi connectivity index (χ0v) is 16.8. The van der Waals surface area contributed by atoms with E-state index in [1.54, 1.807) is 12.1 Å². The summed E-state index contributed by atoms with van der Waals surface area (Å²) in [6.07, 6.45) is 1.42. The van der Waals surface area contributed by atoms with E-state index in [-0.39, 0.29) is 16.7 Å². The van der Waals surface area contributed by atoms with Gasteiger partial charge in [0, 0.05) is 45.5 Å². The summed E-state index contributed by atoms with van der Waals surface area (Å²) in [5.41, 5.74) is 3.28. The molecule has 0 bridgehead atoms. The molecule has 0 saturated heterocycles. The van der Waals surface area contributed by atoms with E-state index in [4.69, 9.17) is 9.18 Å². The van der Waals surface area contributed by atoms with Crippen LogP contribution in [0.3, 0.4) is 0 Å². The van der Waals surface area contributed by atoms with Crippen LogP contribution in [0, 0.1) is 10.1 Å². The minimum absolute atomic E-state index is 0.0958. The third-order valence-corrected chi connectivity index (χ3v) is 4.70. The molecule has 0 aliphatic rings. The highest BCUT2D eigenvalue weighted by Crippen LogP contribution is 2.27. The molecule has 0 radical (unpaired) electrons. The summed E-state index contributed by atoms with van der Waals surface area (Å²) in [5, 5.41) is 10.7. The molecule has 132 valence electrons. The first kappa shape index (κ1) is 19.9. The van der Waals surface area contributed by atoms with Crippen molar-refractivity contribution in [3.05, 3.63) is 75.8 Å². The number of benzene rings is 2. The summed E-state index contributed by atoms with van der Waals surface area (Å²) in [7, 11) is 1.31. The smallest absolute Gasteiger partial charge is 0.269 e. The lowest BCUT2D eigenvalue weighted by atomic mass is 10.1. The molecule has 0 aliphatic carbocycles. The molecule has 0 saturated carbocycles. The lowest BCUT2D eigenvalue weighted by Crippen LogP contribution is -2.08. The largest absolute Gasteiger partial charge is 0.295 e. The number of hydrogen-bond donors (Lipinski definition) is 0. The van der Waals surface area contributed by atoms with E-state index in [1.807, 2.05) is 30.3 Å². The number of nitrogens with zero attached hydrogens (tertiary/aromatic N) is 2. The molecule has 0 amide bonds. The maximum atomic E-state index is 10.7. The Labute approximate surface area is 163 Å². The van der Waals surface area contributed by atoms with Gasteiger partial charge in [-0.25, -0.2) is 0 Å². The number of aliphatic imine (C=N–C) groups is 1. The third-order valence-electron chi connectivity index (χ3n) is 3.77. The van der Waals surface area contributed by atoms with Gasteiger partial charge in [0.05, 0.1) is 20.7 Å². The standard InChI is InChI=1S/C18H19IN2O3S/c1-2-16(12-14-8-10-17(11-9-14)21(22)23)20-13-18(24-25-19)15-6-4-3-5-7-15/h3-11,18H,2,12-13H2,1H3. The summed E-state index contributed by atoms with van der Waals surface area (Å²) < 4.78 is 5.74. The van der Waals surface area contributed by atoms with Crippen molar-refractivity contribution in [1.29, 1.82) is 0 Å². The van der Waals surface area contributed by atoms with Crippen LogP contribution < -0.4 is 0 Å². The molecule has 1 atom stereocenters. The summed E-state index contributed by atoms with van der Waals surface area (Å²) in [6, 6.07) is 16.7. The van der Waals surface area contributed by atoms with E-state index < -0.39 is 0 Å². The molecule has 0 aliphatic heterocycles. The van der Waals surface area contributed by atoms with Crippen molar-refractivity contribution < 1.29 is 9.11 Å². The van der Waals surface area contributed by atoms with Crippen LogP contribution >= 0.6 is 30.4 Å². The average Bonchev–Trinajstić information content (AvgIpc) is 2.65. The molecular formula is C18H19IN2O3S. The third kappa shape index (κ3) is 6.41. The van der Waals surface area contributed by atoms with Gasteiger partial charge < -0.3 is 0 Å². The first-order chi connectivity index (χ1) is 12.1. The van der Waals surface area contributed by atoms with E-state index in [1.165, 1.54) is 21.3 Å². The SMILES string of the molecule is CCC(Cc1ccc([N+](=O)[O-])cc1)=NCC(OSI)c1ccccc1. The van der Waals surface area contributed by atoms with Gasteiger partial charge >= 0.3 is 0 Å². The molecular weight excluding hydrogens is 451 g/mol. The van der Waals surface area contributed by atoms with Crippen LogP contribution in [-0.4, -0.2) is 17.2 Å². The molecule has 25 heavy (non-hydrogen) atoms. The van der Waals surface area contributed by atoms with Crippen molar-refractivity contribution in [2.75, 3.05) is 6.54 Å². The number of hydrogen-bond acceptors (Lipinski definition) is 5. The van der Waals surface area contributed by atoms with E-state index >= 15 is 0 Å². The Hall–Kier alpha value is -1.45. The van der Waals surface area contributed by atoms with Gasteiger partial charge in [-0.3, -0.25) is 19.3 Å². The highest BCUT2D eigenvalue weighted by Gasteiger charge is 2.12. The van der Waals surface area contributed by atoms with Crippen LogP contribution in [0.25, 0.3) is 0 Å². The van der Waals surface area contributed by atoms with Crippen molar-refractivity contribution in [3.63, 3.8) is 0 Å². The molecule has 2 aromatic carbocycles. The van der Waals surface area contributed by atoms with Crippen LogP contribution in [0.15, 0.2) is 59.6 Å². The maximum absolute atomic E-state index is 10.7. The molecule has 0 spiro atoms. The number of non-ortho nitro benzene ring substituents is 1. The highest BCUT2D eigenvalue weighted by molar-refractivity contribution is 14.2. The minimum atomic E-state index is -0.387. The Bertz CT molecular complexity index is 708. The molecule has 0 heterocycles. The van der Waals surface area contributed by atoms with Gasteiger partial charge in [0.2, 0.25) is 0 Å². The van der Waals surface area contributed by atoms with Gasteiger partial charge in [-0.2, -0.15) is 0 Å². The molecule has 0 N–H and O–H groups in total. The van der Waals surface area contributed by atoms with Gasteiger partial charge in [0.1, 0.15) is 6.10 Å². The Morgan fingerprint density at radius 2 is 1.92 bits per heavy atom.